The van der Waals surface area contributed by atoms with Gasteiger partial charge in [0.25, 0.3) is 0 Å². The van der Waals surface area contributed by atoms with Crippen LogP contribution in [0.15, 0.2) is 61.2 Å². The lowest BCUT2D eigenvalue weighted by Crippen LogP contribution is -2.04. The maximum absolute atomic E-state index is 9.92. The first-order valence-electron chi connectivity index (χ1n) is 13.8. The lowest BCUT2D eigenvalue weighted by Gasteiger charge is -2.15. The van der Waals surface area contributed by atoms with Gasteiger partial charge in [-0.05, 0) is 91.3 Å². The van der Waals surface area contributed by atoms with Gasteiger partial charge in [-0.25, -0.2) is 4.79 Å². The number of hydrogen-bond donors (Lipinski definition) is 1. The van der Waals surface area contributed by atoms with Crippen molar-refractivity contribution in [3.8, 4) is 5.75 Å². The van der Waals surface area contributed by atoms with E-state index in [0.29, 0.717) is 18.3 Å². The molecule has 3 aromatic rings. The molecule has 0 radical (unpaired) electrons. The lowest BCUT2D eigenvalue weighted by molar-refractivity contribution is 0.0662. The molecule has 0 aromatic heterocycles. The molecule has 3 rings (SSSR count). The van der Waals surface area contributed by atoms with Crippen molar-refractivity contribution in [2.45, 2.75) is 79.8 Å². The number of ether oxygens (including phenoxy) is 2. The molecule has 5 heteroatoms. The molecule has 3 aromatic carbocycles. The molecular formula is C35H49ClO4. The largest absolute Gasteiger partial charge is 0.508 e. The number of halogens is 1. The number of carbonyl (C=O) groups excluding carboxylic acids is 1. The molecule has 0 bridgehead atoms. The quantitative estimate of drug-likeness (QED) is 0.275. The van der Waals surface area contributed by atoms with E-state index in [0.717, 1.165) is 29.0 Å². The minimum absolute atomic E-state index is 0.0636. The summed E-state index contributed by atoms with van der Waals surface area (Å²) in [4.78, 5) is 8.57. The maximum atomic E-state index is 9.92. The van der Waals surface area contributed by atoms with Gasteiger partial charge >= 0.3 is 0 Å². The van der Waals surface area contributed by atoms with Crippen molar-refractivity contribution in [2.75, 3.05) is 20.8 Å². The van der Waals surface area contributed by atoms with E-state index in [2.05, 4.69) is 73.2 Å². The molecule has 0 aliphatic rings. The van der Waals surface area contributed by atoms with E-state index in [1.54, 1.807) is 14.2 Å². The van der Waals surface area contributed by atoms with Gasteiger partial charge in [-0.3, -0.25) is 0 Å². The van der Waals surface area contributed by atoms with Crippen LogP contribution >= 0.6 is 11.6 Å². The fourth-order valence-corrected chi connectivity index (χ4v) is 4.42. The van der Waals surface area contributed by atoms with Crippen LogP contribution in [0.4, 0.5) is 0 Å². The highest BCUT2D eigenvalue weighted by molar-refractivity contribution is 6.30. The van der Waals surface area contributed by atoms with Crippen LogP contribution in [0.5, 0.6) is 5.75 Å². The Balaban J connectivity index is 0.000000662. The average Bonchev–Trinajstić information content (AvgIpc) is 2.89. The van der Waals surface area contributed by atoms with Gasteiger partial charge in [-0.15, -0.1) is 0 Å². The fourth-order valence-electron chi connectivity index (χ4n) is 4.22. The third-order valence-corrected chi connectivity index (χ3v) is 6.26. The Hall–Kier alpha value is -2.88. The molecule has 0 aliphatic carbocycles. The number of benzene rings is 3. The predicted octanol–water partition coefficient (Wildman–Crippen LogP) is 9.52. The van der Waals surface area contributed by atoms with Crippen LogP contribution in [0.1, 0.15) is 91.5 Å². The predicted molar refractivity (Wildman–Crippen MR) is 171 cm³/mol. The summed E-state index contributed by atoms with van der Waals surface area (Å²) >= 11 is 5.89. The standard InChI is InChI=1S/C19H24O.C11H15ClO2.C3H8.C2H2O/c1-12(2)17-10-16(6-7-19(17)20)11-18-14(4)8-13(3)9-15(18)5;1-13-7-6-11(14-2)9-4-3-5-10(12)8-9;1-3-2;1-2-3/h6-10,12,20H,11H2,1-5H3;3-5,8,11H,6-7H2,1-2H3;3H2,1-2H3;1H2. The molecule has 1 N–H and O–H groups in total. The molecule has 0 amide bonds. The topological polar surface area (TPSA) is 55.8 Å². The molecule has 40 heavy (non-hydrogen) atoms. The van der Waals surface area contributed by atoms with Crippen LogP contribution in [0.2, 0.25) is 5.02 Å². The Kier molecular flexibility index (Phi) is 19.4. The lowest BCUT2D eigenvalue weighted by atomic mass is 9.92. The molecule has 4 nitrogen and oxygen atoms in total. The third kappa shape index (κ3) is 14.0. The Labute approximate surface area is 248 Å². The summed E-state index contributed by atoms with van der Waals surface area (Å²) in [5, 5.41) is 10.7. The van der Waals surface area contributed by atoms with Gasteiger partial charge in [0.05, 0.1) is 6.10 Å². The average molecular weight is 569 g/mol. The SMILES string of the molecule is C=C=O.CCC.COCCC(OC)c1cccc(Cl)c1.Cc1cc(C)c(Cc2ccc(O)c(C(C)C)c2)c(C)c1. The molecule has 0 saturated carbocycles. The number of phenols is 1. The van der Waals surface area contributed by atoms with Crippen molar-refractivity contribution in [1.82, 2.24) is 0 Å². The number of hydrogen-bond acceptors (Lipinski definition) is 4. The monoisotopic (exact) mass is 568 g/mol. The molecule has 0 fully saturated rings. The first-order chi connectivity index (χ1) is 19.0. The van der Waals surface area contributed by atoms with Crippen molar-refractivity contribution < 1.29 is 19.4 Å². The smallest absolute Gasteiger partial charge is 0.119 e. The minimum Gasteiger partial charge on any atom is -0.508 e. The zero-order valence-electron chi connectivity index (χ0n) is 25.9. The zero-order valence-corrected chi connectivity index (χ0v) is 26.7. The van der Waals surface area contributed by atoms with Crippen LogP contribution in [-0.4, -0.2) is 31.9 Å². The van der Waals surface area contributed by atoms with Gasteiger partial charge in [0.1, 0.15) is 11.7 Å². The Bertz CT molecular complexity index is 1140. The molecule has 0 saturated heterocycles. The minimum atomic E-state index is 0.0636. The Morgan fingerprint density at radius 1 is 0.975 bits per heavy atom. The van der Waals surface area contributed by atoms with Crippen molar-refractivity contribution in [2.24, 2.45) is 0 Å². The maximum Gasteiger partial charge on any atom is 0.119 e. The van der Waals surface area contributed by atoms with Crippen molar-refractivity contribution in [1.29, 1.82) is 0 Å². The third-order valence-electron chi connectivity index (χ3n) is 6.02. The number of rotatable bonds is 8. The van der Waals surface area contributed by atoms with Gasteiger partial charge in [0.2, 0.25) is 0 Å². The molecule has 1 atom stereocenters. The first kappa shape index (κ1) is 37.1. The highest BCUT2D eigenvalue weighted by atomic mass is 35.5. The summed E-state index contributed by atoms with van der Waals surface area (Å²) in [6.07, 6.45) is 3.08. The summed E-state index contributed by atoms with van der Waals surface area (Å²) in [5.74, 6) is 2.00. The summed E-state index contributed by atoms with van der Waals surface area (Å²) in [6.45, 7) is 18.3. The highest BCUT2D eigenvalue weighted by Gasteiger charge is 2.11. The van der Waals surface area contributed by atoms with E-state index >= 15 is 0 Å². The van der Waals surface area contributed by atoms with Gasteiger partial charge < -0.3 is 14.6 Å². The second-order valence-electron chi connectivity index (χ2n) is 10.0. The van der Waals surface area contributed by atoms with Crippen LogP contribution in [-0.2, 0) is 20.7 Å². The van der Waals surface area contributed by atoms with Crippen LogP contribution in [0.25, 0.3) is 0 Å². The van der Waals surface area contributed by atoms with Crippen LogP contribution < -0.4 is 0 Å². The van der Waals surface area contributed by atoms with E-state index in [1.165, 1.54) is 40.2 Å². The van der Waals surface area contributed by atoms with Crippen molar-refractivity contribution in [3.63, 3.8) is 0 Å². The van der Waals surface area contributed by atoms with E-state index in [9.17, 15) is 5.11 Å². The molecule has 0 aliphatic heterocycles. The van der Waals surface area contributed by atoms with E-state index < -0.39 is 0 Å². The number of aryl methyl sites for hydroxylation is 3. The summed E-state index contributed by atoms with van der Waals surface area (Å²) < 4.78 is 10.4. The Morgan fingerprint density at radius 2 is 1.55 bits per heavy atom. The van der Waals surface area contributed by atoms with Gasteiger partial charge in [0, 0.05) is 32.3 Å². The first-order valence-corrected chi connectivity index (χ1v) is 14.2. The Morgan fingerprint density at radius 3 is 2.02 bits per heavy atom. The van der Waals surface area contributed by atoms with Crippen molar-refractivity contribution >= 4 is 17.5 Å². The molecule has 0 spiro atoms. The van der Waals surface area contributed by atoms with Crippen LogP contribution in [0.3, 0.4) is 0 Å². The van der Waals surface area contributed by atoms with Crippen LogP contribution in [0, 0.1) is 20.8 Å². The van der Waals surface area contributed by atoms with E-state index in [4.69, 9.17) is 25.9 Å². The summed E-state index contributed by atoms with van der Waals surface area (Å²) in [7, 11) is 3.38. The summed E-state index contributed by atoms with van der Waals surface area (Å²) in [6, 6.07) is 18.2. The highest BCUT2D eigenvalue weighted by Crippen LogP contribution is 2.28. The molecular weight excluding hydrogens is 520 g/mol. The van der Waals surface area contributed by atoms with Gasteiger partial charge in [0.15, 0.2) is 0 Å². The fraction of sp³-hybridized carbons (Fsp3) is 0.429. The van der Waals surface area contributed by atoms with Gasteiger partial charge in [-0.1, -0.05) is 87.7 Å². The second-order valence-corrected chi connectivity index (χ2v) is 10.5. The van der Waals surface area contributed by atoms with E-state index in [-0.39, 0.29) is 6.10 Å². The number of aromatic hydroxyl groups is 1. The number of methoxy groups -OCH3 is 2. The molecule has 220 valence electrons. The zero-order chi connectivity index (χ0) is 30.7. The normalized spacial score (nSPS) is 10.7. The van der Waals surface area contributed by atoms with Crippen molar-refractivity contribution in [3.05, 3.63) is 105 Å². The molecule has 0 heterocycles. The molecule has 1 unspecified atom stereocenters. The number of phenolic OH excluding ortho intramolecular Hbond substituents is 1. The second kappa shape index (κ2) is 20.9. The summed E-state index contributed by atoms with van der Waals surface area (Å²) in [5.41, 5.74) is 8.81. The van der Waals surface area contributed by atoms with E-state index in [1.807, 2.05) is 36.4 Å². The van der Waals surface area contributed by atoms with Gasteiger partial charge in [-0.2, -0.15) is 0 Å².